The average molecular weight is 424 g/mol. The molecular weight excluding hydrogens is 407 g/mol. The van der Waals surface area contributed by atoms with E-state index in [1.807, 2.05) is 38.1 Å². The van der Waals surface area contributed by atoms with Gasteiger partial charge in [0.1, 0.15) is 5.75 Å². The number of benzene rings is 2. The third kappa shape index (κ3) is 4.95. The van der Waals surface area contributed by atoms with E-state index in [0.29, 0.717) is 11.3 Å². The van der Waals surface area contributed by atoms with Crippen molar-refractivity contribution in [3.05, 3.63) is 62.7 Å². The molecule has 0 saturated heterocycles. The number of amides is 2. The molecule has 0 fully saturated rings. The van der Waals surface area contributed by atoms with E-state index in [1.54, 1.807) is 18.2 Å². The van der Waals surface area contributed by atoms with Gasteiger partial charge >= 0.3 is 0 Å². The SMILES string of the molecule is Cc1cccc(C)c1OCC(=O)NNC(=O)c1cccc(I)c1. The highest BCUT2D eigenvalue weighted by Crippen LogP contribution is 2.21. The number of para-hydroxylation sites is 1. The molecule has 0 atom stereocenters. The quantitative estimate of drug-likeness (QED) is 0.586. The maximum Gasteiger partial charge on any atom is 0.276 e. The van der Waals surface area contributed by atoms with Crippen LogP contribution in [0.1, 0.15) is 21.5 Å². The van der Waals surface area contributed by atoms with Crippen LogP contribution in [0.3, 0.4) is 0 Å². The van der Waals surface area contributed by atoms with Gasteiger partial charge in [-0.2, -0.15) is 0 Å². The van der Waals surface area contributed by atoms with Crippen molar-refractivity contribution in [1.82, 2.24) is 10.9 Å². The van der Waals surface area contributed by atoms with Crippen LogP contribution in [0, 0.1) is 17.4 Å². The molecule has 0 heterocycles. The number of aryl methyl sites for hydroxylation is 2. The number of ether oxygens (including phenoxy) is 1. The third-order valence-electron chi connectivity index (χ3n) is 3.16. The van der Waals surface area contributed by atoms with Gasteiger partial charge < -0.3 is 4.74 Å². The Bertz CT molecular complexity index is 711. The molecule has 0 aliphatic carbocycles. The maximum absolute atomic E-state index is 11.9. The Balaban J connectivity index is 1.85. The van der Waals surface area contributed by atoms with Crippen LogP contribution in [0.4, 0.5) is 0 Å². The molecule has 0 radical (unpaired) electrons. The molecule has 2 aromatic carbocycles. The summed E-state index contributed by atoms with van der Waals surface area (Å²) in [5.74, 6) is -0.109. The first kappa shape index (κ1) is 17.3. The summed E-state index contributed by atoms with van der Waals surface area (Å²) in [5, 5.41) is 0. The normalized spacial score (nSPS) is 10.0. The standard InChI is InChI=1S/C17H17IN2O3/c1-11-5-3-6-12(2)16(11)23-10-15(21)19-20-17(22)13-7-4-8-14(18)9-13/h3-9H,10H2,1-2H3,(H,19,21)(H,20,22). The molecule has 5 nitrogen and oxygen atoms in total. The zero-order chi connectivity index (χ0) is 16.8. The van der Waals surface area contributed by atoms with Crippen molar-refractivity contribution in [2.24, 2.45) is 0 Å². The summed E-state index contributed by atoms with van der Waals surface area (Å²) in [7, 11) is 0. The van der Waals surface area contributed by atoms with Gasteiger partial charge in [0.05, 0.1) is 0 Å². The summed E-state index contributed by atoms with van der Waals surface area (Å²) in [6.07, 6.45) is 0. The molecular formula is C17H17IN2O3. The van der Waals surface area contributed by atoms with Crippen LogP contribution in [0.5, 0.6) is 5.75 Å². The van der Waals surface area contributed by atoms with Crippen LogP contribution in [-0.2, 0) is 4.79 Å². The maximum atomic E-state index is 11.9. The second-order valence-electron chi connectivity index (χ2n) is 5.02. The first-order chi connectivity index (χ1) is 11.0. The molecule has 2 amide bonds. The summed E-state index contributed by atoms with van der Waals surface area (Å²) in [6.45, 7) is 3.66. The van der Waals surface area contributed by atoms with E-state index in [4.69, 9.17) is 4.74 Å². The number of carbonyl (C=O) groups excluding carboxylic acids is 2. The zero-order valence-corrected chi connectivity index (χ0v) is 15.0. The molecule has 0 aromatic heterocycles. The number of rotatable bonds is 4. The Morgan fingerprint density at radius 2 is 1.70 bits per heavy atom. The summed E-state index contributed by atoms with van der Waals surface area (Å²) in [5.41, 5.74) is 7.11. The van der Waals surface area contributed by atoms with E-state index in [0.717, 1.165) is 14.7 Å². The van der Waals surface area contributed by atoms with Gasteiger partial charge in [-0.25, -0.2) is 0 Å². The minimum Gasteiger partial charge on any atom is -0.483 e. The molecule has 0 unspecified atom stereocenters. The van der Waals surface area contributed by atoms with Gasteiger partial charge in [0, 0.05) is 9.13 Å². The monoisotopic (exact) mass is 424 g/mol. The van der Waals surface area contributed by atoms with Crippen molar-refractivity contribution in [1.29, 1.82) is 0 Å². The van der Waals surface area contributed by atoms with Crippen LogP contribution in [0.25, 0.3) is 0 Å². The molecule has 0 aliphatic heterocycles. The van der Waals surface area contributed by atoms with Gasteiger partial charge in [0.25, 0.3) is 11.8 Å². The minimum atomic E-state index is -0.424. The van der Waals surface area contributed by atoms with E-state index in [1.165, 1.54) is 0 Å². The first-order valence-corrected chi connectivity index (χ1v) is 8.09. The highest BCUT2D eigenvalue weighted by molar-refractivity contribution is 14.1. The van der Waals surface area contributed by atoms with Crippen molar-refractivity contribution in [3.8, 4) is 5.75 Å². The van der Waals surface area contributed by atoms with Gasteiger partial charge in [0.15, 0.2) is 6.61 Å². The van der Waals surface area contributed by atoms with E-state index in [-0.39, 0.29) is 12.5 Å². The lowest BCUT2D eigenvalue weighted by molar-refractivity contribution is -0.123. The van der Waals surface area contributed by atoms with Gasteiger partial charge in [-0.3, -0.25) is 20.4 Å². The van der Waals surface area contributed by atoms with Gasteiger partial charge in [0.2, 0.25) is 0 Å². The third-order valence-corrected chi connectivity index (χ3v) is 3.83. The zero-order valence-electron chi connectivity index (χ0n) is 12.9. The molecule has 0 aliphatic rings. The second-order valence-corrected chi connectivity index (χ2v) is 6.27. The molecule has 0 bridgehead atoms. The van der Waals surface area contributed by atoms with Gasteiger partial charge in [-0.15, -0.1) is 0 Å². The molecule has 6 heteroatoms. The molecule has 0 spiro atoms. The first-order valence-electron chi connectivity index (χ1n) is 7.01. The fourth-order valence-corrected chi connectivity index (χ4v) is 2.57. The number of carbonyl (C=O) groups is 2. The predicted molar refractivity (Wildman–Crippen MR) is 96.2 cm³/mol. The lowest BCUT2D eigenvalue weighted by Crippen LogP contribution is -2.43. The largest absolute Gasteiger partial charge is 0.483 e. The van der Waals surface area contributed by atoms with Crippen LogP contribution in [0.15, 0.2) is 42.5 Å². The van der Waals surface area contributed by atoms with Gasteiger partial charge in [-0.1, -0.05) is 24.3 Å². The van der Waals surface area contributed by atoms with Crippen LogP contribution < -0.4 is 15.6 Å². The Kier molecular flexibility index (Phi) is 5.97. The van der Waals surface area contributed by atoms with Gasteiger partial charge in [-0.05, 0) is 65.8 Å². The van der Waals surface area contributed by atoms with E-state index in [9.17, 15) is 9.59 Å². The van der Waals surface area contributed by atoms with E-state index >= 15 is 0 Å². The summed E-state index contributed by atoms with van der Waals surface area (Å²) in [6, 6.07) is 12.8. The van der Waals surface area contributed by atoms with Crippen molar-refractivity contribution in [3.63, 3.8) is 0 Å². The van der Waals surface area contributed by atoms with E-state index < -0.39 is 5.91 Å². The topological polar surface area (TPSA) is 67.4 Å². The smallest absolute Gasteiger partial charge is 0.276 e. The molecule has 23 heavy (non-hydrogen) atoms. The number of halogens is 1. The predicted octanol–water partition coefficient (Wildman–Crippen LogP) is 2.75. The Morgan fingerprint density at radius 1 is 1.04 bits per heavy atom. The van der Waals surface area contributed by atoms with Crippen LogP contribution in [-0.4, -0.2) is 18.4 Å². The highest BCUT2D eigenvalue weighted by atomic mass is 127. The second kappa shape index (κ2) is 7.96. The summed E-state index contributed by atoms with van der Waals surface area (Å²) < 4.78 is 6.47. The molecule has 2 N–H and O–H groups in total. The van der Waals surface area contributed by atoms with E-state index in [2.05, 4.69) is 33.4 Å². The number of hydrogen-bond donors (Lipinski definition) is 2. The minimum absolute atomic E-state index is 0.168. The summed E-state index contributed by atoms with van der Waals surface area (Å²) >= 11 is 2.12. The Labute approximate surface area is 148 Å². The lowest BCUT2D eigenvalue weighted by Gasteiger charge is -2.12. The highest BCUT2D eigenvalue weighted by Gasteiger charge is 2.09. The average Bonchev–Trinajstić information content (AvgIpc) is 2.52. The molecule has 2 rings (SSSR count). The number of hydrogen-bond acceptors (Lipinski definition) is 3. The van der Waals surface area contributed by atoms with Crippen molar-refractivity contribution < 1.29 is 14.3 Å². The Morgan fingerprint density at radius 3 is 2.35 bits per heavy atom. The summed E-state index contributed by atoms with van der Waals surface area (Å²) in [4.78, 5) is 23.7. The van der Waals surface area contributed by atoms with Crippen molar-refractivity contribution in [2.45, 2.75) is 13.8 Å². The fourth-order valence-electron chi connectivity index (χ4n) is 2.03. The lowest BCUT2D eigenvalue weighted by atomic mass is 10.1. The molecule has 0 saturated carbocycles. The number of nitrogens with one attached hydrogen (secondary N) is 2. The van der Waals surface area contributed by atoms with Crippen LogP contribution >= 0.6 is 22.6 Å². The van der Waals surface area contributed by atoms with Crippen LogP contribution in [0.2, 0.25) is 0 Å². The van der Waals surface area contributed by atoms with Crippen molar-refractivity contribution >= 4 is 34.4 Å². The fraction of sp³-hybridized carbons (Fsp3) is 0.176. The van der Waals surface area contributed by atoms with Crippen molar-refractivity contribution in [2.75, 3.05) is 6.61 Å². The molecule has 120 valence electrons. The molecule has 2 aromatic rings. The number of hydrazine groups is 1. The Hall–Kier alpha value is -2.09.